The van der Waals surface area contributed by atoms with Crippen molar-refractivity contribution in [1.82, 2.24) is 19.3 Å². The molecular formula is C14H23ClN4O. The first-order valence-electron chi connectivity index (χ1n) is 7.15. The van der Waals surface area contributed by atoms with E-state index in [9.17, 15) is 0 Å². The first-order valence-corrected chi connectivity index (χ1v) is 7.58. The maximum Gasteiger partial charge on any atom is 0.158 e. The summed E-state index contributed by atoms with van der Waals surface area (Å²) >= 11 is 6.29. The third-order valence-electron chi connectivity index (χ3n) is 3.39. The molecule has 5 nitrogen and oxygen atoms in total. The Labute approximate surface area is 124 Å². The number of alkyl halides is 1. The number of methoxy groups -OCH3 is 1. The van der Waals surface area contributed by atoms with E-state index in [1.54, 1.807) is 7.11 Å². The number of aromatic nitrogens is 4. The van der Waals surface area contributed by atoms with Crippen LogP contribution in [0, 0.1) is 0 Å². The van der Waals surface area contributed by atoms with Gasteiger partial charge in [0, 0.05) is 27.3 Å². The molecule has 2 heterocycles. The average molecular weight is 299 g/mol. The van der Waals surface area contributed by atoms with Gasteiger partial charge in [0.05, 0.1) is 11.1 Å². The summed E-state index contributed by atoms with van der Waals surface area (Å²) in [6.45, 7) is 5.70. The summed E-state index contributed by atoms with van der Waals surface area (Å²) in [6, 6.07) is 0. The van der Waals surface area contributed by atoms with Gasteiger partial charge in [-0.15, -0.1) is 11.6 Å². The molecule has 0 aliphatic heterocycles. The summed E-state index contributed by atoms with van der Waals surface area (Å²) < 4.78 is 9.24. The molecule has 0 bridgehead atoms. The zero-order chi connectivity index (χ0) is 14.7. The van der Waals surface area contributed by atoms with Gasteiger partial charge < -0.3 is 9.30 Å². The van der Waals surface area contributed by atoms with Crippen LogP contribution in [0.5, 0.6) is 0 Å². The maximum atomic E-state index is 6.29. The first-order chi connectivity index (χ1) is 9.60. The standard InChI is InChI=1S/C14H23ClN4O/c1-5-7-11-12-14(18(3)17-11)19(8-6-9-20-4)13(16-12)10(2)15/h10H,5-9H2,1-4H3. The SMILES string of the molecule is CCCc1nn(C)c2c1nc(C(C)Cl)n2CCCOC. The highest BCUT2D eigenvalue weighted by atomic mass is 35.5. The molecule has 0 saturated heterocycles. The summed E-state index contributed by atoms with van der Waals surface area (Å²) in [5.41, 5.74) is 3.12. The molecule has 20 heavy (non-hydrogen) atoms. The third kappa shape index (κ3) is 2.83. The van der Waals surface area contributed by atoms with Gasteiger partial charge in [-0.2, -0.15) is 5.10 Å². The fourth-order valence-electron chi connectivity index (χ4n) is 2.55. The molecule has 6 heteroatoms. The topological polar surface area (TPSA) is 44.9 Å². The summed E-state index contributed by atoms with van der Waals surface area (Å²) in [4.78, 5) is 4.74. The second kappa shape index (κ2) is 6.59. The molecule has 0 aromatic carbocycles. The molecule has 0 fully saturated rings. The van der Waals surface area contributed by atoms with Gasteiger partial charge in [0.25, 0.3) is 0 Å². The lowest BCUT2D eigenvalue weighted by atomic mass is 10.2. The summed E-state index contributed by atoms with van der Waals surface area (Å²) in [7, 11) is 3.69. The number of hydrogen-bond donors (Lipinski definition) is 0. The van der Waals surface area contributed by atoms with Crippen LogP contribution >= 0.6 is 11.6 Å². The van der Waals surface area contributed by atoms with Crippen molar-refractivity contribution in [3.05, 3.63) is 11.5 Å². The number of imidazole rings is 1. The number of halogens is 1. The Hall–Kier alpha value is -1.07. The molecule has 2 rings (SSSR count). The highest BCUT2D eigenvalue weighted by Crippen LogP contribution is 2.27. The van der Waals surface area contributed by atoms with Gasteiger partial charge >= 0.3 is 0 Å². The van der Waals surface area contributed by atoms with Crippen molar-refractivity contribution >= 4 is 22.8 Å². The Kier molecular flexibility index (Phi) is 5.05. The average Bonchev–Trinajstić information content (AvgIpc) is 2.91. The monoisotopic (exact) mass is 298 g/mol. The quantitative estimate of drug-likeness (QED) is 0.583. The number of aryl methyl sites for hydroxylation is 3. The van der Waals surface area contributed by atoms with Gasteiger partial charge in [-0.3, -0.25) is 4.68 Å². The zero-order valence-electron chi connectivity index (χ0n) is 12.7. The Balaban J connectivity index is 2.47. The van der Waals surface area contributed by atoms with Crippen LogP contribution in [0.4, 0.5) is 0 Å². The van der Waals surface area contributed by atoms with Gasteiger partial charge in [0.1, 0.15) is 11.3 Å². The number of rotatable bonds is 7. The van der Waals surface area contributed by atoms with Gasteiger partial charge in [0.15, 0.2) is 5.65 Å². The lowest BCUT2D eigenvalue weighted by molar-refractivity contribution is 0.190. The van der Waals surface area contributed by atoms with Crippen molar-refractivity contribution in [2.45, 2.75) is 45.0 Å². The summed E-state index contributed by atoms with van der Waals surface area (Å²) in [6.07, 6.45) is 2.95. The molecule has 2 aromatic heterocycles. The van der Waals surface area contributed by atoms with Crippen molar-refractivity contribution in [2.75, 3.05) is 13.7 Å². The third-order valence-corrected chi connectivity index (χ3v) is 3.59. The molecule has 1 atom stereocenters. The van der Waals surface area contributed by atoms with Crippen molar-refractivity contribution in [3.8, 4) is 0 Å². The Bertz CT molecular complexity index is 573. The van der Waals surface area contributed by atoms with Crippen molar-refractivity contribution < 1.29 is 4.74 Å². The van der Waals surface area contributed by atoms with Gasteiger partial charge in [-0.05, 0) is 19.8 Å². The van der Waals surface area contributed by atoms with E-state index in [2.05, 4.69) is 16.6 Å². The largest absolute Gasteiger partial charge is 0.385 e. The van der Waals surface area contributed by atoms with Gasteiger partial charge in [0.2, 0.25) is 0 Å². The minimum absolute atomic E-state index is 0.112. The van der Waals surface area contributed by atoms with Crippen LogP contribution in [-0.4, -0.2) is 33.0 Å². The van der Waals surface area contributed by atoms with E-state index in [-0.39, 0.29) is 5.38 Å². The van der Waals surface area contributed by atoms with E-state index < -0.39 is 0 Å². The number of ether oxygens (including phenoxy) is 1. The van der Waals surface area contributed by atoms with E-state index in [4.69, 9.17) is 21.3 Å². The predicted molar refractivity (Wildman–Crippen MR) is 81.3 cm³/mol. The van der Waals surface area contributed by atoms with E-state index in [0.717, 1.165) is 55.1 Å². The molecule has 0 N–H and O–H groups in total. The molecule has 2 aromatic rings. The predicted octanol–water partition coefficient (Wildman–Crippen LogP) is 3.06. The number of fused-ring (bicyclic) bond motifs is 1. The lowest BCUT2D eigenvalue weighted by Gasteiger charge is -2.10. The van der Waals surface area contributed by atoms with E-state index in [1.807, 2.05) is 18.7 Å². The molecule has 0 saturated carbocycles. The van der Waals surface area contributed by atoms with Gasteiger partial charge in [-0.25, -0.2) is 4.98 Å². The molecular weight excluding hydrogens is 276 g/mol. The fourth-order valence-corrected chi connectivity index (χ4v) is 2.72. The van der Waals surface area contributed by atoms with E-state index >= 15 is 0 Å². The van der Waals surface area contributed by atoms with Crippen LogP contribution in [0.3, 0.4) is 0 Å². The maximum absolute atomic E-state index is 6.29. The summed E-state index contributed by atoms with van der Waals surface area (Å²) in [5, 5.41) is 4.48. The van der Waals surface area contributed by atoms with Crippen LogP contribution in [-0.2, 0) is 24.8 Å². The zero-order valence-corrected chi connectivity index (χ0v) is 13.4. The van der Waals surface area contributed by atoms with Crippen molar-refractivity contribution in [3.63, 3.8) is 0 Å². The molecule has 0 spiro atoms. The normalized spacial score (nSPS) is 13.2. The highest BCUT2D eigenvalue weighted by molar-refractivity contribution is 6.20. The Morgan fingerprint density at radius 2 is 2.15 bits per heavy atom. The number of nitrogens with zero attached hydrogens (tertiary/aromatic N) is 4. The lowest BCUT2D eigenvalue weighted by Crippen LogP contribution is -2.09. The van der Waals surface area contributed by atoms with E-state index in [1.165, 1.54) is 0 Å². The second-order valence-corrected chi connectivity index (χ2v) is 5.73. The van der Waals surface area contributed by atoms with Crippen LogP contribution in [0.1, 0.15) is 43.6 Å². The summed E-state index contributed by atoms with van der Waals surface area (Å²) in [5.74, 6) is 0.920. The highest BCUT2D eigenvalue weighted by Gasteiger charge is 2.20. The molecule has 0 aliphatic rings. The second-order valence-electron chi connectivity index (χ2n) is 5.08. The molecule has 0 amide bonds. The molecule has 0 radical (unpaired) electrons. The molecule has 1 unspecified atom stereocenters. The van der Waals surface area contributed by atoms with Crippen LogP contribution in [0.15, 0.2) is 0 Å². The van der Waals surface area contributed by atoms with Gasteiger partial charge in [-0.1, -0.05) is 13.3 Å². The van der Waals surface area contributed by atoms with Crippen LogP contribution in [0.2, 0.25) is 0 Å². The smallest absolute Gasteiger partial charge is 0.158 e. The van der Waals surface area contributed by atoms with Crippen molar-refractivity contribution in [1.29, 1.82) is 0 Å². The molecule has 112 valence electrons. The molecule has 0 aliphatic carbocycles. The minimum atomic E-state index is -0.112. The van der Waals surface area contributed by atoms with Crippen LogP contribution in [0.25, 0.3) is 11.2 Å². The fraction of sp³-hybridized carbons (Fsp3) is 0.714. The Morgan fingerprint density at radius 3 is 2.75 bits per heavy atom. The number of hydrogen-bond acceptors (Lipinski definition) is 3. The minimum Gasteiger partial charge on any atom is -0.385 e. The van der Waals surface area contributed by atoms with E-state index in [0.29, 0.717) is 0 Å². The van der Waals surface area contributed by atoms with Crippen LogP contribution < -0.4 is 0 Å². The first kappa shape index (κ1) is 15.3. The Morgan fingerprint density at radius 1 is 1.40 bits per heavy atom. The van der Waals surface area contributed by atoms with Crippen molar-refractivity contribution in [2.24, 2.45) is 7.05 Å².